The normalized spacial score (nSPS) is 12.7. The maximum Gasteiger partial charge on any atom is 0.0998 e. The van der Waals surface area contributed by atoms with E-state index in [0.717, 1.165) is 64.8 Å². The van der Waals surface area contributed by atoms with Gasteiger partial charge in [-0.1, -0.05) is 84.2 Å². The van der Waals surface area contributed by atoms with Crippen LogP contribution in [0.5, 0.6) is 0 Å². The van der Waals surface area contributed by atoms with Crippen molar-refractivity contribution in [2.75, 3.05) is 9.80 Å². The number of hydrogen-bond donors (Lipinski definition) is 0. The van der Waals surface area contributed by atoms with E-state index in [1.54, 1.807) is 23.5 Å². The van der Waals surface area contributed by atoms with Gasteiger partial charge in [0.15, 0.2) is 0 Å². The second-order valence-electron chi connectivity index (χ2n) is 10.4. The van der Waals surface area contributed by atoms with Crippen LogP contribution in [0.15, 0.2) is 153 Å². The Morgan fingerprint density at radius 1 is 0.409 bits per heavy atom. The Balaban J connectivity index is 1.23. The zero-order valence-corrected chi connectivity index (χ0v) is 24.9. The van der Waals surface area contributed by atoms with Crippen LogP contribution in [-0.4, -0.2) is 0 Å². The van der Waals surface area contributed by atoms with Crippen LogP contribution in [-0.2, 0) is 0 Å². The molecule has 2 aliphatic heterocycles. The van der Waals surface area contributed by atoms with Crippen molar-refractivity contribution in [1.29, 1.82) is 10.5 Å². The van der Waals surface area contributed by atoms with Crippen LogP contribution in [0.3, 0.4) is 0 Å². The second-order valence-corrected chi connectivity index (χ2v) is 12.6. The summed E-state index contributed by atoms with van der Waals surface area (Å²) >= 11 is 3.50. The van der Waals surface area contributed by atoms with Gasteiger partial charge >= 0.3 is 0 Å². The molecule has 0 saturated carbocycles. The van der Waals surface area contributed by atoms with E-state index in [1.807, 2.05) is 60.7 Å². The molecule has 6 aromatic carbocycles. The minimum Gasteiger partial charge on any atom is -0.308 e. The largest absolute Gasteiger partial charge is 0.308 e. The molecule has 0 bridgehead atoms. The molecule has 0 radical (unpaired) electrons. The molecule has 0 saturated heterocycles. The quantitative estimate of drug-likeness (QED) is 0.202. The lowest BCUT2D eigenvalue weighted by molar-refractivity contribution is 1.16. The SMILES string of the molecule is N#Cc1cc(N2c3ccccc3Sc3ccccc32)ccc1-c1ccc(N2c3ccccc3Sc3ccccc32)cc1C#N. The summed E-state index contributed by atoms with van der Waals surface area (Å²) in [6.07, 6.45) is 0. The molecule has 0 aliphatic carbocycles. The number of rotatable bonds is 3. The van der Waals surface area contributed by atoms with Gasteiger partial charge in [0, 0.05) is 42.1 Å². The average molecular weight is 599 g/mol. The topological polar surface area (TPSA) is 54.1 Å². The fourth-order valence-electron chi connectivity index (χ4n) is 5.96. The Kier molecular flexibility index (Phi) is 6.38. The monoisotopic (exact) mass is 598 g/mol. The molecular formula is C38H22N4S2. The molecule has 4 nitrogen and oxygen atoms in total. The van der Waals surface area contributed by atoms with Gasteiger partial charge in [0.1, 0.15) is 0 Å². The lowest BCUT2D eigenvalue weighted by Gasteiger charge is -2.33. The van der Waals surface area contributed by atoms with Crippen LogP contribution in [0.1, 0.15) is 11.1 Å². The summed E-state index contributed by atoms with van der Waals surface area (Å²) in [5, 5.41) is 20.7. The molecule has 6 aromatic rings. The molecule has 2 heterocycles. The summed E-state index contributed by atoms with van der Waals surface area (Å²) < 4.78 is 0. The van der Waals surface area contributed by atoms with Crippen LogP contribution >= 0.6 is 23.5 Å². The van der Waals surface area contributed by atoms with Gasteiger partial charge < -0.3 is 9.80 Å². The predicted molar refractivity (Wildman–Crippen MR) is 179 cm³/mol. The average Bonchev–Trinajstić information content (AvgIpc) is 3.09. The van der Waals surface area contributed by atoms with Gasteiger partial charge in [0.2, 0.25) is 0 Å². The Hall–Kier alpha value is -5.40. The van der Waals surface area contributed by atoms with Gasteiger partial charge in [-0.2, -0.15) is 10.5 Å². The van der Waals surface area contributed by atoms with Gasteiger partial charge in [-0.15, -0.1) is 0 Å². The summed E-state index contributed by atoms with van der Waals surface area (Å²) in [6, 6.07) is 50.1. The van der Waals surface area contributed by atoms with Crippen molar-refractivity contribution in [3.05, 3.63) is 145 Å². The number of hydrogen-bond acceptors (Lipinski definition) is 6. The van der Waals surface area contributed by atoms with Crippen LogP contribution < -0.4 is 9.80 Å². The first-order valence-electron chi connectivity index (χ1n) is 14.1. The summed E-state index contributed by atoms with van der Waals surface area (Å²) in [5.74, 6) is 0. The third-order valence-electron chi connectivity index (χ3n) is 7.92. The standard InChI is InChI=1S/C38H22N4S2/c39-23-25-21-27(41-31-9-1-5-13-35(31)43-36-14-6-2-10-32(36)41)17-19-29(25)30-20-18-28(22-26(30)24-40)42-33-11-3-7-15-37(33)44-38-16-8-4-12-34(38)42/h1-22H. The first kappa shape index (κ1) is 26.2. The third kappa shape index (κ3) is 4.24. The molecule has 6 heteroatoms. The Bertz CT molecular complexity index is 1950. The maximum absolute atomic E-state index is 10.4. The second kappa shape index (κ2) is 10.7. The molecule has 0 atom stereocenters. The molecule has 0 spiro atoms. The van der Waals surface area contributed by atoms with Crippen molar-refractivity contribution in [2.45, 2.75) is 19.6 Å². The summed E-state index contributed by atoms with van der Waals surface area (Å²) in [4.78, 5) is 9.07. The summed E-state index contributed by atoms with van der Waals surface area (Å²) in [5.41, 5.74) is 8.63. The smallest absolute Gasteiger partial charge is 0.0998 e. The Morgan fingerprint density at radius 2 is 0.727 bits per heavy atom. The number of benzene rings is 6. The molecule has 2 aliphatic rings. The molecule has 0 amide bonds. The number of anilines is 6. The highest BCUT2D eigenvalue weighted by atomic mass is 32.2. The van der Waals surface area contributed by atoms with E-state index < -0.39 is 0 Å². The number of nitriles is 2. The highest BCUT2D eigenvalue weighted by Crippen LogP contribution is 2.53. The highest BCUT2D eigenvalue weighted by molar-refractivity contribution is 8.00. The fraction of sp³-hybridized carbons (Fsp3) is 0. The lowest BCUT2D eigenvalue weighted by Crippen LogP contribution is -2.15. The van der Waals surface area contributed by atoms with Crippen LogP contribution in [0.4, 0.5) is 34.1 Å². The van der Waals surface area contributed by atoms with E-state index in [0.29, 0.717) is 11.1 Å². The highest BCUT2D eigenvalue weighted by Gasteiger charge is 2.27. The van der Waals surface area contributed by atoms with Crippen LogP contribution in [0.25, 0.3) is 11.1 Å². The molecule has 206 valence electrons. The molecular weight excluding hydrogens is 577 g/mol. The van der Waals surface area contributed by atoms with E-state index >= 15 is 0 Å². The first-order chi connectivity index (χ1) is 21.7. The zero-order chi connectivity index (χ0) is 29.6. The number of nitrogens with zero attached hydrogens (tertiary/aromatic N) is 4. The predicted octanol–water partition coefficient (Wildman–Crippen LogP) is 11.0. The lowest BCUT2D eigenvalue weighted by atomic mass is 9.94. The Labute approximate surface area is 264 Å². The number of fused-ring (bicyclic) bond motifs is 4. The zero-order valence-electron chi connectivity index (χ0n) is 23.3. The minimum atomic E-state index is 0.519. The van der Waals surface area contributed by atoms with Crippen molar-refractivity contribution < 1.29 is 0 Å². The maximum atomic E-state index is 10.4. The van der Waals surface area contributed by atoms with Crippen LogP contribution in [0, 0.1) is 22.7 Å². The van der Waals surface area contributed by atoms with E-state index in [1.165, 1.54) is 0 Å². The number of para-hydroxylation sites is 4. The summed E-state index contributed by atoms with van der Waals surface area (Å²) in [7, 11) is 0. The van der Waals surface area contributed by atoms with Crippen molar-refractivity contribution in [2.24, 2.45) is 0 Å². The van der Waals surface area contributed by atoms with Gasteiger partial charge in [-0.3, -0.25) is 0 Å². The van der Waals surface area contributed by atoms with Crippen LogP contribution in [0.2, 0.25) is 0 Å². The van der Waals surface area contributed by atoms with Crippen molar-refractivity contribution in [3.8, 4) is 23.3 Å². The fourth-order valence-corrected chi connectivity index (χ4v) is 8.08. The molecule has 0 fully saturated rings. The van der Waals surface area contributed by atoms with Crippen molar-refractivity contribution in [3.63, 3.8) is 0 Å². The van der Waals surface area contributed by atoms with Gasteiger partial charge in [0.05, 0.1) is 46.0 Å². The third-order valence-corrected chi connectivity index (χ3v) is 10.2. The summed E-state index contributed by atoms with van der Waals surface area (Å²) in [6.45, 7) is 0. The molecule has 44 heavy (non-hydrogen) atoms. The van der Waals surface area contributed by atoms with Gasteiger partial charge in [0.25, 0.3) is 0 Å². The van der Waals surface area contributed by atoms with E-state index in [9.17, 15) is 10.5 Å². The van der Waals surface area contributed by atoms with Gasteiger partial charge in [-0.05, 0) is 72.8 Å². The molecule has 0 aromatic heterocycles. The van der Waals surface area contributed by atoms with E-state index in [2.05, 4.69) is 94.7 Å². The molecule has 0 unspecified atom stereocenters. The van der Waals surface area contributed by atoms with E-state index in [4.69, 9.17) is 0 Å². The minimum absolute atomic E-state index is 0.519. The Morgan fingerprint density at radius 3 is 1.05 bits per heavy atom. The molecule has 8 rings (SSSR count). The van der Waals surface area contributed by atoms with Crippen molar-refractivity contribution in [1.82, 2.24) is 0 Å². The first-order valence-corrected chi connectivity index (χ1v) is 15.8. The molecule has 0 N–H and O–H groups in total. The van der Waals surface area contributed by atoms with E-state index in [-0.39, 0.29) is 0 Å². The van der Waals surface area contributed by atoms with Crippen molar-refractivity contribution >= 4 is 57.6 Å². The van der Waals surface area contributed by atoms with Gasteiger partial charge in [-0.25, -0.2) is 0 Å².